The van der Waals surface area contributed by atoms with Gasteiger partial charge in [-0.25, -0.2) is 0 Å². The number of nitrogens with one attached hydrogen (secondary N) is 1. The molecule has 36 heavy (non-hydrogen) atoms. The molecule has 0 unspecified atom stereocenters. The van der Waals surface area contributed by atoms with Crippen molar-refractivity contribution >= 4 is 27.8 Å². The van der Waals surface area contributed by atoms with Crippen LogP contribution in [0, 0.1) is 0 Å². The summed E-state index contributed by atoms with van der Waals surface area (Å²) in [6.07, 6.45) is 1.16. The monoisotopic (exact) mass is 481 g/mol. The fourth-order valence-electron chi connectivity index (χ4n) is 4.87. The summed E-state index contributed by atoms with van der Waals surface area (Å²) in [6.45, 7) is 0. The smallest absolute Gasteiger partial charge is 0.312 e. The quantitative estimate of drug-likeness (QED) is 0.289. The van der Waals surface area contributed by atoms with E-state index in [9.17, 15) is 19.5 Å². The maximum atomic E-state index is 13.6. The Morgan fingerprint density at radius 2 is 1.78 bits per heavy atom. The van der Waals surface area contributed by atoms with E-state index in [4.69, 9.17) is 13.9 Å². The number of pyridine rings is 1. The van der Waals surface area contributed by atoms with Crippen LogP contribution in [0.3, 0.4) is 0 Å². The molecule has 1 aliphatic heterocycles. The molecule has 3 aromatic carbocycles. The van der Waals surface area contributed by atoms with Crippen LogP contribution in [0.1, 0.15) is 23.5 Å². The predicted octanol–water partition coefficient (Wildman–Crippen LogP) is 4.46. The highest BCUT2D eigenvalue weighted by Gasteiger charge is 2.35. The number of esters is 1. The van der Waals surface area contributed by atoms with Gasteiger partial charge in [-0.15, -0.1) is 0 Å². The first-order chi connectivity index (χ1) is 17.5. The Morgan fingerprint density at radius 1 is 1.00 bits per heavy atom. The summed E-state index contributed by atoms with van der Waals surface area (Å²) in [6, 6.07) is 17.2. The molecule has 0 spiro atoms. The normalized spacial score (nSPS) is 15.0. The number of methoxy groups -OCH3 is 1. The van der Waals surface area contributed by atoms with Crippen molar-refractivity contribution in [2.75, 3.05) is 7.11 Å². The number of aromatic nitrogens is 1. The zero-order valence-corrected chi connectivity index (χ0v) is 19.0. The Kier molecular flexibility index (Phi) is 4.89. The molecule has 0 amide bonds. The van der Waals surface area contributed by atoms with Crippen LogP contribution in [0.2, 0.25) is 0 Å². The summed E-state index contributed by atoms with van der Waals surface area (Å²) in [5.74, 6) is -1.20. The summed E-state index contributed by atoms with van der Waals surface area (Å²) < 4.78 is 16.7. The minimum Gasteiger partial charge on any atom is -0.507 e. The van der Waals surface area contributed by atoms with Crippen molar-refractivity contribution in [1.29, 1.82) is 0 Å². The SMILES string of the molecule is COc1ccccc1-c1coc2c3c(cc(O)c2c1=O)OC(=O)C[C@@H]3c1cc2ccccc2[nH]c1=O. The summed E-state index contributed by atoms with van der Waals surface area (Å²) in [4.78, 5) is 42.0. The van der Waals surface area contributed by atoms with Gasteiger partial charge in [-0.2, -0.15) is 0 Å². The van der Waals surface area contributed by atoms with E-state index in [2.05, 4.69) is 4.98 Å². The second kappa shape index (κ2) is 8.13. The first-order valence-electron chi connectivity index (χ1n) is 11.2. The third kappa shape index (κ3) is 3.26. The van der Waals surface area contributed by atoms with Crippen LogP contribution < -0.4 is 20.5 Å². The minimum absolute atomic E-state index is 0.0435. The highest BCUT2D eigenvalue weighted by Crippen LogP contribution is 2.45. The van der Waals surface area contributed by atoms with Crippen LogP contribution in [0.4, 0.5) is 0 Å². The van der Waals surface area contributed by atoms with Crippen molar-refractivity contribution < 1.29 is 23.8 Å². The van der Waals surface area contributed by atoms with Crippen molar-refractivity contribution in [3.8, 4) is 28.4 Å². The Bertz CT molecular complexity index is 1820. The summed E-state index contributed by atoms with van der Waals surface area (Å²) >= 11 is 0. The first-order valence-corrected chi connectivity index (χ1v) is 11.2. The Balaban J connectivity index is 1.64. The summed E-state index contributed by atoms with van der Waals surface area (Å²) in [7, 11) is 1.50. The lowest BCUT2D eigenvalue weighted by Crippen LogP contribution is -2.26. The number of H-pyrrole nitrogens is 1. The maximum Gasteiger partial charge on any atom is 0.312 e. The van der Waals surface area contributed by atoms with Gasteiger partial charge in [0.05, 0.1) is 19.1 Å². The van der Waals surface area contributed by atoms with Crippen LogP contribution in [-0.4, -0.2) is 23.2 Å². The van der Waals surface area contributed by atoms with E-state index in [0.29, 0.717) is 28.0 Å². The van der Waals surface area contributed by atoms with Gasteiger partial charge in [0.15, 0.2) is 0 Å². The standard InChI is InChI=1S/C28H19NO7/c1-34-21-9-5-3-7-15(21)18-13-35-27-24-16(17-10-14-6-2-4-8-19(14)29-28(17)33)11-23(31)36-22(24)12-20(30)25(27)26(18)32/h2-10,12-13,16,30H,11H2,1H3,(H,29,33)/t16-/m1/s1. The third-order valence-corrected chi connectivity index (χ3v) is 6.53. The predicted molar refractivity (Wildman–Crippen MR) is 133 cm³/mol. The van der Waals surface area contributed by atoms with Gasteiger partial charge < -0.3 is 24.0 Å². The third-order valence-electron chi connectivity index (χ3n) is 6.53. The van der Waals surface area contributed by atoms with Crippen LogP contribution in [0.5, 0.6) is 17.2 Å². The summed E-state index contributed by atoms with van der Waals surface area (Å²) in [5, 5.41) is 11.5. The molecule has 8 nitrogen and oxygen atoms in total. The van der Waals surface area contributed by atoms with E-state index >= 15 is 0 Å². The molecule has 0 bridgehead atoms. The van der Waals surface area contributed by atoms with E-state index in [-0.39, 0.29) is 34.3 Å². The fourth-order valence-corrected chi connectivity index (χ4v) is 4.87. The molecule has 1 aliphatic rings. The number of rotatable bonds is 3. The van der Waals surface area contributed by atoms with Crippen LogP contribution in [0.25, 0.3) is 33.0 Å². The molecule has 3 heterocycles. The topological polar surface area (TPSA) is 119 Å². The van der Waals surface area contributed by atoms with Gasteiger partial charge >= 0.3 is 5.97 Å². The average Bonchev–Trinajstić information content (AvgIpc) is 2.87. The van der Waals surface area contributed by atoms with E-state index in [1.54, 1.807) is 36.4 Å². The molecule has 8 heteroatoms. The lowest BCUT2D eigenvalue weighted by molar-refractivity contribution is -0.135. The number of para-hydroxylation sites is 2. The van der Waals surface area contributed by atoms with E-state index in [1.807, 2.05) is 18.2 Å². The van der Waals surface area contributed by atoms with E-state index < -0.39 is 23.1 Å². The van der Waals surface area contributed by atoms with Crippen molar-refractivity contribution in [3.63, 3.8) is 0 Å². The highest BCUT2D eigenvalue weighted by atomic mass is 16.5. The fraction of sp³-hybridized carbons (Fsp3) is 0.107. The Hall–Kier alpha value is -4.85. The minimum atomic E-state index is -0.752. The first kappa shape index (κ1) is 21.7. The Morgan fingerprint density at radius 3 is 2.61 bits per heavy atom. The largest absolute Gasteiger partial charge is 0.507 e. The summed E-state index contributed by atoms with van der Waals surface area (Å²) in [5.41, 5.74) is 1.25. The maximum absolute atomic E-state index is 13.6. The lowest BCUT2D eigenvalue weighted by Gasteiger charge is -2.25. The van der Waals surface area contributed by atoms with Crippen molar-refractivity contribution in [2.24, 2.45) is 0 Å². The number of hydrogen-bond donors (Lipinski definition) is 2. The number of phenols is 1. The molecular formula is C28H19NO7. The number of carbonyl (C=O) groups excluding carboxylic acids is 1. The molecule has 178 valence electrons. The van der Waals surface area contributed by atoms with Gasteiger partial charge in [0.2, 0.25) is 5.43 Å². The van der Waals surface area contributed by atoms with Crippen LogP contribution in [-0.2, 0) is 4.79 Å². The van der Waals surface area contributed by atoms with Crippen molar-refractivity contribution in [3.05, 3.63) is 98.6 Å². The van der Waals surface area contributed by atoms with Gasteiger partial charge in [0.25, 0.3) is 5.56 Å². The lowest BCUT2D eigenvalue weighted by atomic mass is 9.85. The molecule has 2 N–H and O–H groups in total. The molecule has 0 saturated heterocycles. The number of aromatic hydroxyl groups is 1. The molecular weight excluding hydrogens is 462 g/mol. The van der Waals surface area contributed by atoms with Gasteiger partial charge in [-0.1, -0.05) is 36.4 Å². The van der Waals surface area contributed by atoms with E-state index in [1.165, 1.54) is 19.4 Å². The molecule has 5 aromatic rings. The average molecular weight is 481 g/mol. The van der Waals surface area contributed by atoms with Gasteiger partial charge in [0, 0.05) is 34.2 Å². The Labute approximate surface area is 203 Å². The zero-order valence-electron chi connectivity index (χ0n) is 19.0. The van der Waals surface area contributed by atoms with Crippen LogP contribution >= 0.6 is 0 Å². The number of aromatic amines is 1. The second-order valence-corrected chi connectivity index (χ2v) is 8.56. The molecule has 0 saturated carbocycles. The number of carbonyl (C=O) groups is 1. The molecule has 6 rings (SSSR count). The number of phenolic OH excluding ortho intramolecular Hbond substituents is 1. The van der Waals surface area contributed by atoms with E-state index in [0.717, 1.165) is 5.39 Å². The molecule has 2 aromatic heterocycles. The second-order valence-electron chi connectivity index (χ2n) is 8.56. The number of hydrogen-bond acceptors (Lipinski definition) is 7. The molecule has 0 aliphatic carbocycles. The molecule has 0 radical (unpaired) electrons. The number of fused-ring (bicyclic) bond motifs is 4. The zero-order chi connectivity index (χ0) is 25.0. The van der Waals surface area contributed by atoms with Crippen molar-refractivity contribution in [2.45, 2.75) is 12.3 Å². The molecule has 1 atom stereocenters. The van der Waals surface area contributed by atoms with Gasteiger partial charge in [-0.3, -0.25) is 14.4 Å². The molecule has 0 fully saturated rings. The highest BCUT2D eigenvalue weighted by molar-refractivity contribution is 5.94. The van der Waals surface area contributed by atoms with Gasteiger partial charge in [-0.05, 0) is 23.6 Å². The van der Waals surface area contributed by atoms with Crippen molar-refractivity contribution in [1.82, 2.24) is 4.98 Å². The number of benzene rings is 3. The van der Waals surface area contributed by atoms with Gasteiger partial charge in [0.1, 0.15) is 34.5 Å². The number of ether oxygens (including phenoxy) is 2. The van der Waals surface area contributed by atoms with Crippen LogP contribution in [0.15, 0.2) is 80.9 Å².